The number of halogens is 2. The van der Waals surface area contributed by atoms with Crippen LogP contribution in [0.25, 0.3) is 6.08 Å². The fourth-order valence-corrected chi connectivity index (χ4v) is 3.51. The van der Waals surface area contributed by atoms with E-state index < -0.39 is 5.97 Å². The van der Waals surface area contributed by atoms with Gasteiger partial charge in [0.15, 0.2) is 5.70 Å². The van der Waals surface area contributed by atoms with Gasteiger partial charge in [-0.15, -0.1) is 0 Å². The Morgan fingerprint density at radius 2 is 1.72 bits per heavy atom. The molecule has 1 heterocycles. The third kappa shape index (κ3) is 4.68. The molecule has 4 nitrogen and oxygen atoms in total. The van der Waals surface area contributed by atoms with Crippen molar-refractivity contribution in [1.29, 1.82) is 0 Å². The molecule has 0 unspecified atom stereocenters. The molecule has 0 N–H and O–H groups in total. The van der Waals surface area contributed by atoms with Gasteiger partial charge in [0, 0.05) is 9.13 Å². The number of ether oxygens (including phenoxy) is 2. The molecule has 1 aliphatic heterocycles. The average Bonchev–Trinajstić information content (AvgIpc) is 3.09. The van der Waals surface area contributed by atoms with Crippen LogP contribution in [0.2, 0.25) is 5.02 Å². The maximum Gasteiger partial charge on any atom is 0.363 e. The number of carbonyl (C=O) groups excluding carboxylic acids is 1. The molecular formula is C23H15ClINO3. The van der Waals surface area contributed by atoms with E-state index in [-0.39, 0.29) is 11.6 Å². The van der Waals surface area contributed by atoms with E-state index in [2.05, 4.69) is 27.6 Å². The monoisotopic (exact) mass is 515 g/mol. The smallest absolute Gasteiger partial charge is 0.363 e. The van der Waals surface area contributed by atoms with Gasteiger partial charge in [-0.25, -0.2) is 9.79 Å². The lowest BCUT2D eigenvalue weighted by Crippen LogP contribution is -2.05. The Balaban J connectivity index is 1.48. The molecule has 1 aliphatic rings. The number of hydrogen-bond donors (Lipinski definition) is 0. The van der Waals surface area contributed by atoms with Crippen LogP contribution in [-0.2, 0) is 16.1 Å². The van der Waals surface area contributed by atoms with Gasteiger partial charge >= 0.3 is 5.97 Å². The van der Waals surface area contributed by atoms with Gasteiger partial charge in [-0.1, -0.05) is 54.1 Å². The quantitative estimate of drug-likeness (QED) is 0.243. The van der Waals surface area contributed by atoms with Gasteiger partial charge < -0.3 is 9.47 Å². The Bertz CT molecular complexity index is 1120. The molecule has 0 spiro atoms. The number of rotatable bonds is 5. The molecule has 3 aromatic carbocycles. The first kappa shape index (κ1) is 19.7. The van der Waals surface area contributed by atoms with Crippen LogP contribution in [-0.4, -0.2) is 11.9 Å². The van der Waals surface area contributed by atoms with Crippen molar-refractivity contribution >= 4 is 52.1 Å². The van der Waals surface area contributed by atoms with E-state index in [1.807, 2.05) is 60.7 Å². The summed E-state index contributed by atoms with van der Waals surface area (Å²) in [4.78, 5) is 16.5. The first-order valence-electron chi connectivity index (χ1n) is 8.84. The fraction of sp³-hybridized carbons (Fsp3) is 0.0435. The number of benzene rings is 3. The van der Waals surface area contributed by atoms with Crippen molar-refractivity contribution in [3.05, 3.63) is 104 Å². The molecule has 144 valence electrons. The van der Waals surface area contributed by atoms with Gasteiger partial charge in [0.05, 0.1) is 10.6 Å². The highest BCUT2D eigenvalue weighted by Gasteiger charge is 2.25. The van der Waals surface area contributed by atoms with Crippen molar-refractivity contribution in [1.82, 2.24) is 0 Å². The molecule has 0 saturated heterocycles. The zero-order valence-electron chi connectivity index (χ0n) is 15.1. The summed E-state index contributed by atoms with van der Waals surface area (Å²) >= 11 is 8.45. The van der Waals surface area contributed by atoms with E-state index in [1.165, 1.54) is 3.57 Å². The van der Waals surface area contributed by atoms with Crippen LogP contribution >= 0.6 is 34.2 Å². The minimum atomic E-state index is -0.501. The molecule has 0 amide bonds. The minimum Gasteiger partial charge on any atom is -0.489 e. The average molecular weight is 516 g/mol. The molecule has 3 aromatic rings. The summed E-state index contributed by atoms with van der Waals surface area (Å²) in [6.45, 7) is 0.497. The molecule has 0 aliphatic carbocycles. The summed E-state index contributed by atoms with van der Waals surface area (Å²) in [5, 5.41) is 0.481. The highest BCUT2D eigenvalue weighted by Crippen LogP contribution is 2.24. The maximum atomic E-state index is 12.2. The lowest BCUT2D eigenvalue weighted by Gasteiger charge is -2.08. The topological polar surface area (TPSA) is 47.9 Å². The predicted octanol–water partition coefficient (Wildman–Crippen LogP) is 5.87. The number of nitrogens with zero attached hydrogens (tertiary/aromatic N) is 1. The second-order valence-corrected chi connectivity index (χ2v) is 7.83. The number of carbonyl (C=O) groups is 1. The van der Waals surface area contributed by atoms with Gasteiger partial charge in [0.2, 0.25) is 5.90 Å². The zero-order valence-corrected chi connectivity index (χ0v) is 18.1. The Labute approximate surface area is 187 Å². The molecule has 29 heavy (non-hydrogen) atoms. The summed E-state index contributed by atoms with van der Waals surface area (Å²) in [6, 6.07) is 22.7. The molecule has 0 radical (unpaired) electrons. The number of aliphatic imine (C=N–C) groups is 1. The van der Waals surface area contributed by atoms with Gasteiger partial charge in [0.25, 0.3) is 0 Å². The van der Waals surface area contributed by atoms with Crippen molar-refractivity contribution in [2.75, 3.05) is 0 Å². The van der Waals surface area contributed by atoms with E-state index in [4.69, 9.17) is 21.1 Å². The van der Waals surface area contributed by atoms with Gasteiger partial charge in [-0.3, -0.25) is 0 Å². The molecule has 0 fully saturated rings. The number of hydrogen-bond acceptors (Lipinski definition) is 4. The third-order valence-electron chi connectivity index (χ3n) is 4.26. The highest BCUT2D eigenvalue weighted by molar-refractivity contribution is 14.1. The van der Waals surface area contributed by atoms with Crippen molar-refractivity contribution < 1.29 is 14.3 Å². The Kier molecular flexibility index (Phi) is 5.97. The van der Waals surface area contributed by atoms with Crippen molar-refractivity contribution in [2.24, 2.45) is 4.99 Å². The molecule has 0 saturated carbocycles. The van der Waals surface area contributed by atoms with Crippen LogP contribution in [0.5, 0.6) is 5.75 Å². The molecule has 6 heteroatoms. The summed E-state index contributed by atoms with van der Waals surface area (Å²) < 4.78 is 12.3. The number of cyclic esters (lactones) is 1. The maximum absolute atomic E-state index is 12.2. The van der Waals surface area contributed by atoms with E-state index in [0.29, 0.717) is 17.2 Å². The van der Waals surface area contributed by atoms with Gasteiger partial charge in [-0.05, 0) is 64.6 Å². The predicted molar refractivity (Wildman–Crippen MR) is 122 cm³/mol. The SMILES string of the molecule is O=C1OC(c2ccccc2Cl)=N/C1=C\c1ccc(OCc2ccccc2I)cc1. The Morgan fingerprint density at radius 3 is 2.48 bits per heavy atom. The van der Waals surface area contributed by atoms with E-state index in [9.17, 15) is 4.79 Å². The summed E-state index contributed by atoms with van der Waals surface area (Å²) in [6.07, 6.45) is 1.68. The van der Waals surface area contributed by atoms with Crippen molar-refractivity contribution in [3.8, 4) is 5.75 Å². The fourth-order valence-electron chi connectivity index (χ4n) is 2.75. The Morgan fingerprint density at radius 1 is 1.00 bits per heavy atom. The van der Waals surface area contributed by atoms with Crippen LogP contribution in [0, 0.1) is 3.57 Å². The first-order chi connectivity index (χ1) is 14.1. The van der Waals surface area contributed by atoms with E-state index in [0.717, 1.165) is 16.9 Å². The highest BCUT2D eigenvalue weighted by atomic mass is 127. The van der Waals surface area contributed by atoms with Crippen LogP contribution in [0.4, 0.5) is 0 Å². The largest absolute Gasteiger partial charge is 0.489 e. The standard InChI is InChI=1S/C23H15ClINO3/c24-19-7-3-2-6-18(19)22-26-21(23(27)29-22)13-15-9-11-17(12-10-15)28-14-16-5-1-4-8-20(16)25/h1-13H,14H2/b21-13-. The summed E-state index contributed by atoms with van der Waals surface area (Å²) in [5.41, 5.74) is 2.77. The zero-order chi connectivity index (χ0) is 20.2. The van der Waals surface area contributed by atoms with Crippen LogP contribution in [0.1, 0.15) is 16.7 Å². The lowest BCUT2D eigenvalue weighted by atomic mass is 10.2. The normalized spacial score (nSPS) is 14.6. The van der Waals surface area contributed by atoms with Crippen LogP contribution in [0.15, 0.2) is 83.5 Å². The first-order valence-corrected chi connectivity index (χ1v) is 10.3. The number of esters is 1. The van der Waals surface area contributed by atoms with E-state index in [1.54, 1.807) is 18.2 Å². The van der Waals surface area contributed by atoms with Crippen molar-refractivity contribution in [2.45, 2.75) is 6.61 Å². The molecule has 0 aromatic heterocycles. The summed E-state index contributed by atoms with van der Waals surface area (Å²) in [7, 11) is 0. The molecule has 0 atom stereocenters. The van der Waals surface area contributed by atoms with Crippen molar-refractivity contribution in [3.63, 3.8) is 0 Å². The Hall–Kier alpha value is -2.64. The van der Waals surface area contributed by atoms with E-state index >= 15 is 0 Å². The second-order valence-electron chi connectivity index (χ2n) is 6.27. The summed E-state index contributed by atoms with van der Waals surface area (Å²) in [5.74, 6) is 0.462. The van der Waals surface area contributed by atoms with Gasteiger partial charge in [-0.2, -0.15) is 0 Å². The minimum absolute atomic E-state index is 0.212. The lowest BCUT2D eigenvalue weighted by molar-refractivity contribution is -0.129. The third-order valence-corrected chi connectivity index (χ3v) is 5.64. The molecule has 0 bridgehead atoms. The molecular weight excluding hydrogens is 501 g/mol. The second kappa shape index (κ2) is 8.80. The van der Waals surface area contributed by atoms with Crippen LogP contribution < -0.4 is 4.74 Å². The molecule has 4 rings (SSSR count). The van der Waals surface area contributed by atoms with Crippen LogP contribution in [0.3, 0.4) is 0 Å². The van der Waals surface area contributed by atoms with Gasteiger partial charge in [0.1, 0.15) is 12.4 Å².